The molecule has 4 nitrogen and oxygen atoms in total. The van der Waals surface area contributed by atoms with Gasteiger partial charge in [0, 0.05) is 5.69 Å². The van der Waals surface area contributed by atoms with Crippen LogP contribution in [0.25, 0.3) is 0 Å². The Morgan fingerprint density at radius 1 is 1.60 bits per heavy atom. The number of thiocarbonyl (C=S) groups is 1. The number of hydrogen-bond donors (Lipinski definition) is 3. The quantitative estimate of drug-likeness (QED) is 0.674. The Kier molecular flexibility index (Phi) is 3.62. The van der Waals surface area contributed by atoms with Crippen molar-refractivity contribution in [3.05, 3.63) is 29.3 Å². The van der Waals surface area contributed by atoms with Crippen LogP contribution in [0.3, 0.4) is 0 Å². The lowest BCUT2D eigenvalue weighted by Gasteiger charge is -2.07. The zero-order chi connectivity index (χ0) is 11.4. The van der Waals surface area contributed by atoms with Crippen LogP contribution in [-0.2, 0) is 11.2 Å². The second-order valence-corrected chi connectivity index (χ2v) is 3.64. The number of aryl methyl sites for hydroxylation is 1. The normalized spacial score (nSPS) is 9.67. The van der Waals surface area contributed by atoms with E-state index in [9.17, 15) is 4.79 Å². The average Bonchev–Trinajstić information content (AvgIpc) is 2.08. The molecule has 0 amide bonds. The molecule has 0 bridgehead atoms. The van der Waals surface area contributed by atoms with Crippen LogP contribution in [-0.4, -0.2) is 16.2 Å². The minimum atomic E-state index is -0.840. The number of carbonyl (C=O) groups is 1. The topological polar surface area (TPSA) is 75.3 Å². The van der Waals surface area contributed by atoms with Crippen molar-refractivity contribution >= 4 is 29.0 Å². The van der Waals surface area contributed by atoms with E-state index in [1.165, 1.54) is 0 Å². The second kappa shape index (κ2) is 4.75. The number of aliphatic carboxylic acids is 1. The highest BCUT2D eigenvalue weighted by Crippen LogP contribution is 2.15. The van der Waals surface area contributed by atoms with Gasteiger partial charge in [0.05, 0.1) is 6.42 Å². The lowest BCUT2D eigenvalue weighted by Crippen LogP contribution is -2.19. The van der Waals surface area contributed by atoms with Crippen LogP contribution >= 0.6 is 12.2 Å². The molecule has 0 aliphatic rings. The SMILES string of the molecule is Cc1cc(NC(N)=S)ccc1CC(=O)O. The van der Waals surface area contributed by atoms with Crippen LogP contribution in [0, 0.1) is 6.92 Å². The van der Waals surface area contributed by atoms with E-state index in [4.69, 9.17) is 23.1 Å². The molecule has 5 heteroatoms. The lowest BCUT2D eigenvalue weighted by molar-refractivity contribution is -0.136. The van der Waals surface area contributed by atoms with E-state index in [1.54, 1.807) is 12.1 Å². The van der Waals surface area contributed by atoms with Gasteiger partial charge in [0.25, 0.3) is 0 Å². The summed E-state index contributed by atoms with van der Waals surface area (Å²) >= 11 is 4.70. The molecule has 4 N–H and O–H groups in total. The van der Waals surface area contributed by atoms with Crippen molar-refractivity contribution in [1.82, 2.24) is 0 Å². The summed E-state index contributed by atoms with van der Waals surface area (Å²) in [7, 11) is 0. The number of carboxylic acids is 1. The third kappa shape index (κ3) is 3.55. The molecule has 0 spiro atoms. The first-order valence-electron chi connectivity index (χ1n) is 4.37. The van der Waals surface area contributed by atoms with Crippen LogP contribution < -0.4 is 11.1 Å². The van der Waals surface area contributed by atoms with Gasteiger partial charge in [-0.2, -0.15) is 0 Å². The molecular formula is C10H12N2O2S. The maximum Gasteiger partial charge on any atom is 0.307 e. The first kappa shape index (κ1) is 11.5. The molecule has 0 aromatic heterocycles. The maximum absolute atomic E-state index is 10.5. The summed E-state index contributed by atoms with van der Waals surface area (Å²) in [6.07, 6.45) is 0.0270. The van der Waals surface area contributed by atoms with Crippen molar-refractivity contribution in [3.8, 4) is 0 Å². The van der Waals surface area contributed by atoms with E-state index >= 15 is 0 Å². The Hall–Kier alpha value is -1.62. The molecule has 0 aliphatic heterocycles. The van der Waals surface area contributed by atoms with Crippen molar-refractivity contribution in [2.24, 2.45) is 5.73 Å². The molecule has 0 saturated carbocycles. The molecular weight excluding hydrogens is 212 g/mol. The summed E-state index contributed by atoms with van der Waals surface area (Å²) < 4.78 is 0. The fourth-order valence-electron chi connectivity index (χ4n) is 1.28. The Balaban J connectivity index is 2.87. The molecule has 1 aromatic rings. The van der Waals surface area contributed by atoms with Crippen LogP contribution in [0.2, 0.25) is 0 Å². The smallest absolute Gasteiger partial charge is 0.307 e. The van der Waals surface area contributed by atoms with E-state index in [0.717, 1.165) is 16.8 Å². The van der Waals surface area contributed by atoms with Crippen molar-refractivity contribution in [1.29, 1.82) is 0 Å². The molecule has 0 unspecified atom stereocenters. The summed E-state index contributed by atoms with van der Waals surface area (Å²) in [5.41, 5.74) is 7.78. The Morgan fingerprint density at radius 3 is 2.73 bits per heavy atom. The third-order valence-electron chi connectivity index (χ3n) is 1.95. The minimum Gasteiger partial charge on any atom is -0.481 e. The van der Waals surface area contributed by atoms with E-state index < -0.39 is 5.97 Å². The summed E-state index contributed by atoms with van der Waals surface area (Å²) in [6, 6.07) is 5.33. The fourth-order valence-corrected chi connectivity index (χ4v) is 1.40. The van der Waals surface area contributed by atoms with Crippen molar-refractivity contribution in [2.45, 2.75) is 13.3 Å². The van der Waals surface area contributed by atoms with Crippen molar-refractivity contribution < 1.29 is 9.90 Å². The molecule has 0 radical (unpaired) electrons. The highest BCUT2D eigenvalue weighted by atomic mass is 32.1. The lowest BCUT2D eigenvalue weighted by atomic mass is 10.1. The van der Waals surface area contributed by atoms with Gasteiger partial charge in [0.15, 0.2) is 5.11 Å². The first-order chi connectivity index (χ1) is 6.99. The van der Waals surface area contributed by atoms with Crippen LogP contribution in [0.1, 0.15) is 11.1 Å². The van der Waals surface area contributed by atoms with Crippen LogP contribution in [0.4, 0.5) is 5.69 Å². The van der Waals surface area contributed by atoms with Gasteiger partial charge in [-0.25, -0.2) is 0 Å². The number of hydrogen-bond acceptors (Lipinski definition) is 2. The third-order valence-corrected chi connectivity index (χ3v) is 2.05. The molecule has 80 valence electrons. The van der Waals surface area contributed by atoms with E-state index in [1.807, 2.05) is 13.0 Å². The van der Waals surface area contributed by atoms with Crippen LogP contribution in [0.15, 0.2) is 18.2 Å². The number of rotatable bonds is 3. The van der Waals surface area contributed by atoms with Gasteiger partial charge in [-0.05, 0) is 42.4 Å². The molecule has 0 fully saturated rings. The van der Waals surface area contributed by atoms with Gasteiger partial charge in [0.2, 0.25) is 0 Å². The zero-order valence-corrected chi connectivity index (χ0v) is 9.10. The summed E-state index contributed by atoms with van der Waals surface area (Å²) in [4.78, 5) is 10.5. The molecule has 0 heterocycles. The first-order valence-corrected chi connectivity index (χ1v) is 4.77. The Morgan fingerprint density at radius 2 is 2.27 bits per heavy atom. The van der Waals surface area contributed by atoms with Gasteiger partial charge in [-0.15, -0.1) is 0 Å². The highest BCUT2D eigenvalue weighted by Gasteiger charge is 2.04. The highest BCUT2D eigenvalue weighted by molar-refractivity contribution is 7.80. The van der Waals surface area contributed by atoms with E-state index in [2.05, 4.69) is 5.32 Å². The standard InChI is InChI=1S/C10H12N2O2S/c1-6-4-8(12-10(11)15)3-2-7(6)5-9(13)14/h2-4H,5H2,1H3,(H,13,14)(H3,11,12,15). The second-order valence-electron chi connectivity index (χ2n) is 3.20. The molecule has 15 heavy (non-hydrogen) atoms. The maximum atomic E-state index is 10.5. The van der Waals surface area contributed by atoms with Gasteiger partial charge in [0.1, 0.15) is 0 Å². The monoisotopic (exact) mass is 224 g/mol. The number of nitrogens with two attached hydrogens (primary N) is 1. The van der Waals surface area contributed by atoms with Crippen molar-refractivity contribution in [3.63, 3.8) is 0 Å². The molecule has 0 saturated heterocycles. The van der Waals surface area contributed by atoms with Crippen LogP contribution in [0.5, 0.6) is 0 Å². The number of carboxylic acid groups (broad SMARTS) is 1. The molecule has 0 atom stereocenters. The molecule has 1 aromatic carbocycles. The number of anilines is 1. The largest absolute Gasteiger partial charge is 0.481 e. The van der Waals surface area contributed by atoms with Gasteiger partial charge in [-0.1, -0.05) is 6.07 Å². The summed E-state index contributed by atoms with van der Waals surface area (Å²) in [6.45, 7) is 1.85. The summed E-state index contributed by atoms with van der Waals surface area (Å²) in [5, 5.41) is 11.6. The van der Waals surface area contributed by atoms with Crippen molar-refractivity contribution in [2.75, 3.05) is 5.32 Å². The van der Waals surface area contributed by atoms with E-state index in [0.29, 0.717) is 0 Å². The predicted molar refractivity (Wildman–Crippen MR) is 62.9 cm³/mol. The summed E-state index contributed by atoms with van der Waals surface area (Å²) in [5.74, 6) is -0.840. The Bertz CT molecular complexity index is 404. The zero-order valence-electron chi connectivity index (χ0n) is 8.28. The fraction of sp³-hybridized carbons (Fsp3) is 0.200. The Labute approximate surface area is 93.1 Å². The molecule has 1 rings (SSSR count). The average molecular weight is 224 g/mol. The van der Waals surface area contributed by atoms with E-state index in [-0.39, 0.29) is 11.5 Å². The number of nitrogens with one attached hydrogen (secondary N) is 1. The molecule has 0 aliphatic carbocycles. The minimum absolute atomic E-state index is 0.0270. The van der Waals surface area contributed by atoms with Gasteiger partial charge >= 0.3 is 5.97 Å². The van der Waals surface area contributed by atoms with Gasteiger partial charge < -0.3 is 16.2 Å². The predicted octanol–water partition coefficient (Wildman–Crippen LogP) is 1.28. The number of benzene rings is 1. The van der Waals surface area contributed by atoms with Gasteiger partial charge in [-0.3, -0.25) is 4.79 Å².